The van der Waals surface area contributed by atoms with Crippen molar-refractivity contribution in [1.29, 1.82) is 0 Å². The van der Waals surface area contributed by atoms with Gasteiger partial charge in [-0.25, -0.2) is 0 Å². The van der Waals surface area contributed by atoms with Crippen LogP contribution in [0.3, 0.4) is 0 Å². The second-order valence-electron chi connectivity index (χ2n) is 2.70. The van der Waals surface area contributed by atoms with E-state index in [4.69, 9.17) is 0 Å². The molecule has 2 atom stereocenters. The number of halogens is 1. The summed E-state index contributed by atoms with van der Waals surface area (Å²) in [6.45, 7) is 2.34. The van der Waals surface area contributed by atoms with Crippen LogP contribution in [0.4, 0.5) is 0 Å². The number of rotatable bonds is 0. The van der Waals surface area contributed by atoms with E-state index in [1.54, 1.807) is 0 Å². The van der Waals surface area contributed by atoms with E-state index in [1.165, 1.54) is 25.9 Å². The fraction of sp³-hybridized carbons (Fsp3) is 1.00. The zero-order chi connectivity index (χ0) is 5.40. The summed E-state index contributed by atoms with van der Waals surface area (Å²) < 4.78 is 0. The summed E-state index contributed by atoms with van der Waals surface area (Å²) in [7, 11) is 0. The third-order valence-electron chi connectivity index (χ3n) is 2.21. The van der Waals surface area contributed by atoms with Gasteiger partial charge in [-0.15, -0.1) is 12.4 Å². The number of hydrogen-bond donors (Lipinski definition) is 2. The number of piperazine rings is 1. The first-order chi connectivity index (χ1) is 3.97. The molecule has 2 fully saturated rings. The summed E-state index contributed by atoms with van der Waals surface area (Å²) in [4.78, 5) is 0. The summed E-state index contributed by atoms with van der Waals surface area (Å²) in [6.07, 6.45) is 2.77. The minimum Gasteiger partial charge on any atom is -0.311 e. The highest BCUT2D eigenvalue weighted by molar-refractivity contribution is 5.85. The van der Waals surface area contributed by atoms with Gasteiger partial charge in [0.2, 0.25) is 0 Å². The van der Waals surface area contributed by atoms with Gasteiger partial charge in [0.15, 0.2) is 0 Å². The van der Waals surface area contributed by atoms with E-state index < -0.39 is 0 Å². The molecule has 0 amide bonds. The third kappa shape index (κ3) is 1.20. The topological polar surface area (TPSA) is 24.1 Å². The molecule has 0 radical (unpaired) electrons. The summed E-state index contributed by atoms with van der Waals surface area (Å²) >= 11 is 0. The molecule has 9 heavy (non-hydrogen) atoms. The van der Waals surface area contributed by atoms with Gasteiger partial charge in [0.25, 0.3) is 0 Å². The fourth-order valence-electron chi connectivity index (χ4n) is 1.50. The first kappa shape index (κ1) is 7.32. The lowest BCUT2D eigenvalue weighted by Gasteiger charge is -2.41. The van der Waals surface area contributed by atoms with E-state index in [9.17, 15) is 0 Å². The highest BCUT2D eigenvalue weighted by Crippen LogP contribution is 2.20. The van der Waals surface area contributed by atoms with Crippen molar-refractivity contribution in [3.63, 3.8) is 0 Å². The van der Waals surface area contributed by atoms with Gasteiger partial charge < -0.3 is 10.6 Å². The van der Waals surface area contributed by atoms with Gasteiger partial charge in [-0.3, -0.25) is 0 Å². The monoisotopic (exact) mass is 148 g/mol. The third-order valence-corrected chi connectivity index (χ3v) is 2.21. The van der Waals surface area contributed by atoms with Crippen molar-refractivity contribution in [2.45, 2.75) is 24.9 Å². The SMILES string of the molecule is C1CNC2CCC2N1.Cl. The van der Waals surface area contributed by atoms with E-state index in [-0.39, 0.29) is 12.4 Å². The molecule has 2 nitrogen and oxygen atoms in total. The smallest absolute Gasteiger partial charge is 0.0222 e. The van der Waals surface area contributed by atoms with Gasteiger partial charge in [0.1, 0.15) is 0 Å². The second kappa shape index (κ2) is 2.86. The molecular formula is C6H13ClN2. The predicted octanol–water partition coefficient (Wildman–Crippen LogP) is 0.132. The Balaban J connectivity index is 0.000000405. The normalized spacial score (nSPS) is 40.0. The van der Waals surface area contributed by atoms with Crippen molar-refractivity contribution < 1.29 is 0 Å². The fourth-order valence-corrected chi connectivity index (χ4v) is 1.50. The van der Waals surface area contributed by atoms with Crippen LogP contribution in [0.1, 0.15) is 12.8 Å². The average Bonchev–Trinajstić information content (AvgIpc) is 1.72. The first-order valence-electron chi connectivity index (χ1n) is 3.43. The first-order valence-corrected chi connectivity index (χ1v) is 3.43. The van der Waals surface area contributed by atoms with Gasteiger partial charge in [0, 0.05) is 25.2 Å². The zero-order valence-electron chi connectivity index (χ0n) is 5.39. The Labute approximate surface area is 61.8 Å². The van der Waals surface area contributed by atoms with Gasteiger partial charge >= 0.3 is 0 Å². The highest BCUT2D eigenvalue weighted by atomic mass is 35.5. The average molecular weight is 149 g/mol. The predicted molar refractivity (Wildman–Crippen MR) is 40.1 cm³/mol. The van der Waals surface area contributed by atoms with Gasteiger partial charge in [-0.2, -0.15) is 0 Å². The molecule has 0 bridgehead atoms. The number of nitrogens with one attached hydrogen (secondary N) is 2. The van der Waals surface area contributed by atoms with Crippen LogP contribution >= 0.6 is 12.4 Å². The van der Waals surface area contributed by atoms with Crippen LogP contribution in [-0.2, 0) is 0 Å². The maximum atomic E-state index is 3.46. The summed E-state index contributed by atoms with van der Waals surface area (Å²) in [6, 6.07) is 1.65. The standard InChI is InChI=1S/C6H12N2.ClH/c1-2-6-5(1)7-3-4-8-6;/h5-8H,1-4H2;1H. The molecule has 0 spiro atoms. The minimum absolute atomic E-state index is 0. The number of hydrogen-bond acceptors (Lipinski definition) is 2. The molecule has 1 aliphatic carbocycles. The molecule has 3 heteroatoms. The minimum atomic E-state index is 0. The lowest BCUT2D eigenvalue weighted by atomic mass is 9.85. The highest BCUT2D eigenvalue weighted by Gasteiger charge is 2.31. The Morgan fingerprint density at radius 1 is 0.889 bits per heavy atom. The molecule has 1 aliphatic heterocycles. The molecule has 1 saturated carbocycles. The Bertz CT molecular complexity index is 85.1. The van der Waals surface area contributed by atoms with E-state index in [2.05, 4.69) is 10.6 Å². The van der Waals surface area contributed by atoms with Crippen molar-refractivity contribution >= 4 is 12.4 Å². The molecule has 0 aromatic rings. The van der Waals surface area contributed by atoms with E-state index in [1.807, 2.05) is 0 Å². The second-order valence-corrected chi connectivity index (χ2v) is 2.70. The summed E-state index contributed by atoms with van der Waals surface area (Å²) in [5.74, 6) is 0. The molecule has 2 N–H and O–H groups in total. The maximum Gasteiger partial charge on any atom is 0.0222 e. The Morgan fingerprint density at radius 2 is 1.33 bits per heavy atom. The molecule has 2 aliphatic rings. The van der Waals surface area contributed by atoms with Crippen LogP contribution < -0.4 is 10.6 Å². The molecule has 2 rings (SSSR count). The van der Waals surface area contributed by atoms with Crippen LogP contribution in [0.2, 0.25) is 0 Å². The quantitative estimate of drug-likeness (QED) is 0.511. The molecule has 0 aromatic carbocycles. The lowest BCUT2D eigenvalue weighted by molar-refractivity contribution is 0.206. The largest absolute Gasteiger partial charge is 0.311 e. The Kier molecular flexibility index (Phi) is 2.33. The number of fused-ring (bicyclic) bond motifs is 1. The van der Waals surface area contributed by atoms with E-state index in [0.717, 1.165) is 12.1 Å². The Morgan fingerprint density at radius 3 is 1.56 bits per heavy atom. The molecule has 1 saturated heterocycles. The maximum absolute atomic E-state index is 3.46. The Hall–Kier alpha value is 0.210. The van der Waals surface area contributed by atoms with Crippen LogP contribution in [-0.4, -0.2) is 25.2 Å². The van der Waals surface area contributed by atoms with Crippen molar-refractivity contribution in [2.75, 3.05) is 13.1 Å². The zero-order valence-corrected chi connectivity index (χ0v) is 6.21. The molecular weight excluding hydrogens is 136 g/mol. The van der Waals surface area contributed by atoms with E-state index >= 15 is 0 Å². The summed E-state index contributed by atoms with van der Waals surface area (Å²) in [5, 5.41) is 6.91. The molecule has 1 heterocycles. The summed E-state index contributed by atoms with van der Waals surface area (Å²) in [5.41, 5.74) is 0. The van der Waals surface area contributed by atoms with Crippen molar-refractivity contribution in [3.8, 4) is 0 Å². The molecule has 0 aromatic heterocycles. The van der Waals surface area contributed by atoms with Gasteiger partial charge in [-0.05, 0) is 12.8 Å². The van der Waals surface area contributed by atoms with Crippen molar-refractivity contribution in [1.82, 2.24) is 10.6 Å². The van der Waals surface area contributed by atoms with Crippen LogP contribution in [0.15, 0.2) is 0 Å². The van der Waals surface area contributed by atoms with Gasteiger partial charge in [0.05, 0.1) is 0 Å². The lowest BCUT2D eigenvalue weighted by Crippen LogP contribution is -2.61. The van der Waals surface area contributed by atoms with E-state index in [0.29, 0.717) is 0 Å². The van der Waals surface area contributed by atoms with Crippen LogP contribution in [0.25, 0.3) is 0 Å². The molecule has 54 valence electrons. The van der Waals surface area contributed by atoms with Gasteiger partial charge in [-0.1, -0.05) is 0 Å². The van der Waals surface area contributed by atoms with Crippen LogP contribution in [0, 0.1) is 0 Å². The molecule has 2 unspecified atom stereocenters. The van der Waals surface area contributed by atoms with Crippen molar-refractivity contribution in [3.05, 3.63) is 0 Å². The van der Waals surface area contributed by atoms with Crippen molar-refractivity contribution in [2.24, 2.45) is 0 Å². The van der Waals surface area contributed by atoms with Crippen LogP contribution in [0.5, 0.6) is 0 Å².